The molecule has 1 aromatic carbocycles. The summed E-state index contributed by atoms with van der Waals surface area (Å²) in [6.07, 6.45) is 2.27. The lowest BCUT2D eigenvalue weighted by molar-refractivity contribution is 0.0934. The molecule has 2 aromatic rings. The Morgan fingerprint density at radius 1 is 1.25 bits per heavy atom. The zero-order valence-electron chi connectivity index (χ0n) is 11.6. The summed E-state index contributed by atoms with van der Waals surface area (Å²) in [4.78, 5) is 26.2. The van der Waals surface area contributed by atoms with Crippen molar-refractivity contribution in [2.45, 2.75) is 26.3 Å². The third kappa shape index (κ3) is 3.15. The Morgan fingerprint density at radius 3 is 2.55 bits per heavy atom. The Labute approximate surface area is 117 Å². The number of nitrogens with one attached hydrogen (secondary N) is 2. The first-order valence-electron chi connectivity index (χ1n) is 6.67. The van der Waals surface area contributed by atoms with Gasteiger partial charge in [0.2, 0.25) is 0 Å². The SMILES string of the molecule is CC[C@@H](NC(=O)c1ccc[nH]c1=O)c1ccc(C)cc1. The summed E-state index contributed by atoms with van der Waals surface area (Å²) >= 11 is 0. The normalized spacial score (nSPS) is 11.9. The van der Waals surface area contributed by atoms with Crippen LogP contribution in [0, 0.1) is 6.92 Å². The maximum absolute atomic E-state index is 12.1. The number of aromatic nitrogens is 1. The van der Waals surface area contributed by atoms with Crippen molar-refractivity contribution in [2.24, 2.45) is 0 Å². The molecule has 0 unspecified atom stereocenters. The van der Waals surface area contributed by atoms with E-state index < -0.39 is 0 Å². The van der Waals surface area contributed by atoms with Gasteiger partial charge in [-0.25, -0.2) is 0 Å². The number of hydrogen-bond acceptors (Lipinski definition) is 2. The number of H-pyrrole nitrogens is 1. The van der Waals surface area contributed by atoms with Crippen LogP contribution in [0.3, 0.4) is 0 Å². The van der Waals surface area contributed by atoms with Crippen molar-refractivity contribution in [3.8, 4) is 0 Å². The molecule has 0 saturated carbocycles. The number of hydrogen-bond donors (Lipinski definition) is 2. The molecule has 1 atom stereocenters. The van der Waals surface area contributed by atoms with Crippen molar-refractivity contribution in [1.29, 1.82) is 0 Å². The van der Waals surface area contributed by atoms with Crippen LogP contribution in [-0.4, -0.2) is 10.9 Å². The molecule has 4 heteroatoms. The van der Waals surface area contributed by atoms with Crippen LogP contribution in [0.15, 0.2) is 47.4 Å². The van der Waals surface area contributed by atoms with Gasteiger partial charge in [-0.3, -0.25) is 9.59 Å². The molecule has 2 N–H and O–H groups in total. The second kappa shape index (κ2) is 6.19. The van der Waals surface area contributed by atoms with Crippen LogP contribution in [0.2, 0.25) is 0 Å². The summed E-state index contributed by atoms with van der Waals surface area (Å²) in [5.41, 5.74) is 1.98. The minimum atomic E-state index is -0.372. The van der Waals surface area contributed by atoms with Crippen molar-refractivity contribution < 1.29 is 4.79 Å². The molecule has 0 aliphatic heterocycles. The van der Waals surface area contributed by atoms with E-state index in [4.69, 9.17) is 0 Å². The molecular weight excluding hydrogens is 252 g/mol. The van der Waals surface area contributed by atoms with Gasteiger partial charge in [-0.15, -0.1) is 0 Å². The van der Waals surface area contributed by atoms with Crippen molar-refractivity contribution in [3.05, 3.63) is 69.6 Å². The first kappa shape index (κ1) is 14.1. The molecule has 0 saturated heterocycles. The zero-order valence-corrected chi connectivity index (χ0v) is 11.6. The molecule has 1 heterocycles. The van der Waals surface area contributed by atoms with E-state index in [1.54, 1.807) is 6.07 Å². The fourth-order valence-corrected chi connectivity index (χ4v) is 2.06. The molecule has 0 aliphatic carbocycles. The molecular formula is C16H18N2O2. The number of pyridine rings is 1. The largest absolute Gasteiger partial charge is 0.345 e. The fourth-order valence-electron chi connectivity index (χ4n) is 2.06. The highest BCUT2D eigenvalue weighted by atomic mass is 16.2. The molecule has 104 valence electrons. The van der Waals surface area contributed by atoms with E-state index in [0.717, 1.165) is 12.0 Å². The number of aromatic amines is 1. The Kier molecular flexibility index (Phi) is 4.35. The number of carbonyl (C=O) groups excluding carboxylic acids is 1. The highest BCUT2D eigenvalue weighted by Crippen LogP contribution is 2.17. The van der Waals surface area contributed by atoms with Gasteiger partial charge in [0.15, 0.2) is 0 Å². The highest BCUT2D eigenvalue weighted by Gasteiger charge is 2.15. The second-order valence-corrected chi connectivity index (χ2v) is 4.76. The number of aryl methyl sites for hydroxylation is 1. The first-order chi connectivity index (χ1) is 9.61. The highest BCUT2D eigenvalue weighted by molar-refractivity contribution is 5.94. The topological polar surface area (TPSA) is 62.0 Å². The van der Waals surface area contributed by atoms with Crippen LogP contribution < -0.4 is 10.9 Å². The molecule has 4 nitrogen and oxygen atoms in total. The molecule has 1 amide bonds. The first-order valence-corrected chi connectivity index (χ1v) is 6.67. The number of amides is 1. The monoisotopic (exact) mass is 270 g/mol. The van der Waals surface area contributed by atoms with E-state index in [2.05, 4.69) is 10.3 Å². The molecule has 1 aromatic heterocycles. The molecule has 0 bridgehead atoms. The Bertz CT molecular complexity index is 644. The average molecular weight is 270 g/mol. The van der Waals surface area contributed by atoms with E-state index >= 15 is 0 Å². The minimum absolute atomic E-state index is 0.0947. The van der Waals surface area contributed by atoms with Crippen molar-refractivity contribution in [1.82, 2.24) is 10.3 Å². The molecule has 2 rings (SSSR count). The maximum Gasteiger partial charge on any atom is 0.260 e. The predicted octanol–water partition coefficient (Wildman–Crippen LogP) is 2.56. The smallest absolute Gasteiger partial charge is 0.260 e. The predicted molar refractivity (Wildman–Crippen MR) is 78.7 cm³/mol. The third-order valence-corrected chi connectivity index (χ3v) is 3.26. The van der Waals surface area contributed by atoms with Gasteiger partial charge in [-0.2, -0.15) is 0 Å². The molecule has 20 heavy (non-hydrogen) atoms. The summed E-state index contributed by atoms with van der Waals surface area (Å²) in [6.45, 7) is 4.02. The maximum atomic E-state index is 12.1. The molecule has 0 fully saturated rings. The Balaban J connectivity index is 2.18. The van der Waals surface area contributed by atoms with Gasteiger partial charge in [-0.05, 0) is 31.0 Å². The number of rotatable bonds is 4. The van der Waals surface area contributed by atoms with Crippen LogP contribution in [0.5, 0.6) is 0 Å². The summed E-state index contributed by atoms with van der Waals surface area (Å²) < 4.78 is 0. The number of carbonyl (C=O) groups is 1. The molecule has 0 spiro atoms. The standard InChI is InChI=1S/C16H18N2O2/c1-3-14(12-8-6-11(2)7-9-12)18-16(20)13-5-4-10-17-15(13)19/h4-10,14H,3H2,1-2H3,(H,17,19)(H,18,20)/t14-/m1/s1. The minimum Gasteiger partial charge on any atom is -0.345 e. The van der Waals surface area contributed by atoms with Crippen LogP contribution in [0.4, 0.5) is 0 Å². The van der Waals surface area contributed by atoms with Gasteiger partial charge in [-0.1, -0.05) is 36.8 Å². The summed E-state index contributed by atoms with van der Waals surface area (Å²) in [7, 11) is 0. The Hall–Kier alpha value is -2.36. The van der Waals surface area contributed by atoms with E-state index in [-0.39, 0.29) is 23.1 Å². The van der Waals surface area contributed by atoms with Crippen molar-refractivity contribution >= 4 is 5.91 Å². The number of benzene rings is 1. The van der Waals surface area contributed by atoms with E-state index in [9.17, 15) is 9.59 Å². The third-order valence-electron chi connectivity index (χ3n) is 3.26. The van der Waals surface area contributed by atoms with Crippen molar-refractivity contribution in [3.63, 3.8) is 0 Å². The van der Waals surface area contributed by atoms with E-state index in [1.807, 2.05) is 38.1 Å². The molecule has 0 radical (unpaired) electrons. The summed E-state index contributed by atoms with van der Waals surface area (Å²) in [5, 5.41) is 2.90. The van der Waals surface area contributed by atoms with E-state index in [0.29, 0.717) is 0 Å². The molecule has 0 aliphatic rings. The van der Waals surface area contributed by atoms with Crippen LogP contribution in [0.1, 0.15) is 40.9 Å². The average Bonchev–Trinajstić information content (AvgIpc) is 2.46. The fraction of sp³-hybridized carbons (Fsp3) is 0.250. The van der Waals surface area contributed by atoms with Gasteiger partial charge < -0.3 is 10.3 Å². The lowest BCUT2D eigenvalue weighted by atomic mass is 10.0. The lowest BCUT2D eigenvalue weighted by Crippen LogP contribution is -2.32. The summed E-state index contributed by atoms with van der Waals surface area (Å²) in [5.74, 6) is -0.348. The van der Waals surface area contributed by atoms with Gasteiger partial charge in [0.1, 0.15) is 5.56 Å². The van der Waals surface area contributed by atoms with Crippen LogP contribution >= 0.6 is 0 Å². The summed E-state index contributed by atoms with van der Waals surface area (Å²) in [6, 6.07) is 11.1. The van der Waals surface area contributed by atoms with Gasteiger partial charge in [0.25, 0.3) is 11.5 Å². The van der Waals surface area contributed by atoms with Crippen molar-refractivity contribution in [2.75, 3.05) is 0 Å². The van der Waals surface area contributed by atoms with Gasteiger partial charge >= 0.3 is 0 Å². The lowest BCUT2D eigenvalue weighted by Gasteiger charge is -2.17. The van der Waals surface area contributed by atoms with Gasteiger partial charge in [0, 0.05) is 6.20 Å². The van der Waals surface area contributed by atoms with E-state index in [1.165, 1.54) is 17.8 Å². The quantitative estimate of drug-likeness (QED) is 0.897. The zero-order chi connectivity index (χ0) is 14.5. The van der Waals surface area contributed by atoms with Gasteiger partial charge in [0.05, 0.1) is 6.04 Å². The second-order valence-electron chi connectivity index (χ2n) is 4.76. The van der Waals surface area contributed by atoms with Crippen LogP contribution in [0.25, 0.3) is 0 Å². The van der Waals surface area contributed by atoms with Crippen LogP contribution in [-0.2, 0) is 0 Å². The Morgan fingerprint density at radius 2 is 1.95 bits per heavy atom.